The molecule has 0 fully saturated rings. The van der Waals surface area contributed by atoms with Crippen molar-refractivity contribution in [2.24, 2.45) is 0 Å². The molecule has 5 heteroatoms. The predicted octanol–water partition coefficient (Wildman–Crippen LogP) is 6.22. The van der Waals surface area contributed by atoms with E-state index in [0.29, 0.717) is 11.8 Å². The number of nitrogens with zero attached hydrogens (tertiary/aromatic N) is 4. The van der Waals surface area contributed by atoms with Gasteiger partial charge in [-0.3, -0.25) is 4.90 Å². The van der Waals surface area contributed by atoms with Gasteiger partial charge in [0, 0.05) is 11.3 Å². The predicted molar refractivity (Wildman–Crippen MR) is 114 cm³/mol. The molecule has 0 aliphatic rings. The highest BCUT2D eigenvalue weighted by atomic mass is 35.5. The first-order chi connectivity index (χ1) is 13.8. The zero-order valence-electron chi connectivity index (χ0n) is 15.5. The van der Waals surface area contributed by atoms with E-state index in [1.165, 1.54) is 5.56 Å². The molecule has 4 rings (SSSR count). The van der Waals surface area contributed by atoms with Gasteiger partial charge in [-0.05, 0) is 41.8 Å². The molecule has 0 atom stereocenters. The summed E-state index contributed by atoms with van der Waals surface area (Å²) in [6, 6.07) is 28.1. The van der Waals surface area contributed by atoms with Crippen LogP contribution in [0.5, 0.6) is 0 Å². The Hall–Kier alpha value is -3.24. The van der Waals surface area contributed by atoms with Crippen molar-refractivity contribution in [2.45, 2.75) is 13.3 Å². The number of rotatable bonds is 5. The average molecular weight is 387 g/mol. The summed E-state index contributed by atoms with van der Waals surface area (Å²) < 4.78 is 0. The highest BCUT2D eigenvalue weighted by Crippen LogP contribution is 2.35. The molecule has 4 aromatic rings. The van der Waals surface area contributed by atoms with Gasteiger partial charge in [-0.1, -0.05) is 73.7 Å². The molecular formula is C23H19ClN4. The van der Waals surface area contributed by atoms with Gasteiger partial charge in [-0.25, -0.2) is 0 Å². The first-order valence-electron chi connectivity index (χ1n) is 9.16. The number of hydrogen-bond donors (Lipinski definition) is 0. The molecule has 1 heterocycles. The van der Waals surface area contributed by atoms with E-state index in [9.17, 15) is 0 Å². The Morgan fingerprint density at radius 3 is 2.11 bits per heavy atom. The molecule has 0 spiro atoms. The summed E-state index contributed by atoms with van der Waals surface area (Å²) in [5, 5.41) is 0.166. The second kappa shape index (κ2) is 8.19. The van der Waals surface area contributed by atoms with Crippen LogP contribution in [0.25, 0.3) is 11.4 Å². The van der Waals surface area contributed by atoms with E-state index in [0.717, 1.165) is 23.4 Å². The van der Waals surface area contributed by atoms with E-state index in [-0.39, 0.29) is 5.28 Å². The molecule has 0 saturated heterocycles. The quantitative estimate of drug-likeness (QED) is 0.408. The highest BCUT2D eigenvalue weighted by molar-refractivity contribution is 6.28. The molecule has 3 aromatic carbocycles. The largest absolute Gasteiger partial charge is 0.279 e. The van der Waals surface area contributed by atoms with Crippen molar-refractivity contribution in [3.8, 4) is 11.4 Å². The molecule has 0 amide bonds. The van der Waals surface area contributed by atoms with Crippen LogP contribution in [0.4, 0.5) is 17.3 Å². The fraction of sp³-hybridized carbons (Fsp3) is 0.0870. The lowest BCUT2D eigenvalue weighted by Gasteiger charge is -2.25. The maximum atomic E-state index is 6.30. The molecular weight excluding hydrogens is 368 g/mol. The van der Waals surface area contributed by atoms with Crippen LogP contribution < -0.4 is 4.90 Å². The molecule has 138 valence electrons. The van der Waals surface area contributed by atoms with E-state index < -0.39 is 0 Å². The third kappa shape index (κ3) is 3.73. The summed E-state index contributed by atoms with van der Waals surface area (Å²) in [6.45, 7) is 2.14. The van der Waals surface area contributed by atoms with Gasteiger partial charge in [0.05, 0.1) is 5.69 Å². The summed E-state index contributed by atoms with van der Waals surface area (Å²) in [4.78, 5) is 15.6. The van der Waals surface area contributed by atoms with E-state index in [4.69, 9.17) is 16.6 Å². The van der Waals surface area contributed by atoms with Crippen molar-refractivity contribution < 1.29 is 0 Å². The summed E-state index contributed by atoms with van der Waals surface area (Å²) >= 11 is 6.30. The minimum absolute atomic E-state index is 0.166. The number of hydrogen-bond acceptors (Lipinski definition) is 4. The monoisotopic (exact) mass is 386 g/mol. The van der Waals surface area contributed by atoms with Crippen molar-refractivity contribution in [3.05, 3.63) is 95.8 Å². The molecule has 1 aromatic heterocycles. The van der Waals surface area contributed by atoms with Gasteiger partial charge in [0.1, 0.15) is 0 Å². The SMILES string of the molecule is CCc1ccccc1N(c1ccccc1)c1nc(Cl)nc(-c2ccccc2)n1. The van der Waals surface area contributed by atoms with Gasteiger partial charge in [-0.15, -0.1) is 0 Å². The van der Waals surface area contributed by atoms with Crippen LogP contribution in [-0.2, 0) is 6.42 Å². The number of benzene rings is 3. The maximum absolute atomic E-state index is 6.30. The highest BCUT2D eigenvalue weighted by Gasteiger charge is 2.19. The Kier molecular flexibility index (Phi) is 5.31. The topological polar surface area (TPSA) is 41.9 Å². The minimum Gasteiger partial charge on any atom is -0.279 e. The third-order valence-corrected chi connectivity index (χ3v) is 4.63. The Bertz CT molecular complexity index is 1070. The third-order valence-electron chi connectivity index (χ3n) is 4.46. The molecule has 28 heavy (non-hydrogen) atoms. The zero-order valence-corrected chi connectivity index (χ0v) is 16.2. The first-order valence-corrected chi connectivity index (χ1v) is 9.54. The second-order valence-electron chi connectivity index (χ2n) is 6.25. The smallest absolute Gasteiger partial charge is 0.239 e. The Morgan fingerprint density at radius 2 is 1.39 bits per heavy atom. The lowest BCUT2D eigenvalue weighted by atomic mass is 10.1. The van der Waals surface area contributed by atoms with E-state index >= 15 is 0 Å². The van der Waals surface area contributed by atoms with Crippen LogP contribution in [-0.4, -0.2) is 15.0 Å². The van der Waals surface area contributed by atoms with Crippen molar-refractivity contribution in [3.63, 3.8) is 0 Å². The van der Waals surface area contributed by atoms with Gasteiger partial charge >= 0.3 is 0 Å². The van der Waals surface area contributed by atoms with Crippen molar-refractivity contribution in [1.29, 1.82) is 0 Å². The molecule has 0 saturated carbocycles. The Morgan fingerprint density at radius 1 is 0.750 bits per heavy atom. The summed E-state index contributed by atoms with van der Waals surface area (Å²) in [5.41, 5.74) is 4.08. The lowest BCUT2D eigenvalue weighted by molar-refractivity contribution is 1.00. The van der Waals surface area contributed by atoms with Gasteiger partial charge < -0.3 is 0 Å². The number of halogens is 1. The Labute approximate surface area is 169 Å². The molecule has 0 aliphatic carbocycles. The molecule has 4 nitrogen and oxygen atoms in total. The van der Waals surface area contributed by atoms with Crippen LogP contribution in [0.3, 0.4) is 0 Å². The average Bonchev–Trinajstić information content (AvgIpc) is 2.75. The van der Waals surface area contributed by atoms with Gasteiger partial charge in [0.25, 0.3) is 0 Å². The first kappa shape index (κ1) is 18.1. The van der Waals surface area contributed by atoms with Crippen LogP contribution in [0.1, 0.15) is 12.5 Å². The van der Waals surface area contributed by atoms with Crippen LogP contribution in [0.15, 0.2) is 84.9 Å². The molecule has 0 unspecified atom stereocenters. The minimum atomic E-state index is 0.166. The van der Waals surface area contributed by atoms with E-state index in [2.05, 4.69) is 29.0 Å². The molecule has 0 N–H and O–H groups in total. The summed E-state index contributed by atoms with van der Waals surface area (Å²) in [7, 11) is 0. The molecule has 0 aliphatic heterocycles. The summed E-state index contributed by atoms with van der Waals surface area (Å²) in [6.07, 6.45) is 0.893. The van der Waals surface area contributed by atoms with E-state index in [1.54, 1.807) is 0 Å². The standard InChI is InChI=1S/C23H19ClN4/c1-2-17-11-9-10-16-20(17)28(19-14-7-4-8-15-19)23-26-21(25-22(24)27-23)18-12-5-3-6-13-18/h3-16H,2H2,1H3. The zero-order chi connectivity index (χ0) is 19.3. The van der Waals surface area contributed by atoms with E-state index in [1.807, 2.05) is 77.7 Å². The lowest BCUT2D eigenvalue weighted by Crippen LogP contribution is -2.16. The van der Waals surface area contributed by atoms with Gasteiger partial charge in [0.2, 0.25) is 11.2 Å². The molecule has 0 radical (unpaired) electrons. The fourth-order valence-electron chi connectivity index (χ4n) is 3.12. The Balaban J connectivity index is 1.92. The van der Waals surface area contributed by atoms with Gasteiger partial charge in [0.15, 0.2) is 5.82 Å². The number of aromatic nitrogens is 3. The molecule has 0 bridgehead atoms. The van der Waals surface area contributed by atoms with Crippen molar-refractivity contribution >= 4 is 28.9 Å². The normalized spacial score (nSPS) is 10.6. The number of aryl methyl sites for hydroxylation is 1. The van der Waals surface area contributed by atoms with Crippen molar-refractivity contribution in [1.82, 2.24) is 15.0 Å². The van der Waals surface area contributed by atoms with Crippen LogP contribution in [0.2, 0.25) is 5.28 Å². The van der Waals surface area contributed by atoms with Crippen LogP contribution >= 0.6 is 11.6 Å². The summed E-state index contributed by atoms with van der Waals surface area (Å²) in [5.74, 6) is 1.04. The van der Waals surface area contributed by atoms with Gasteiger partial charge in [-0.2, -0.15) is 15.0 Å². The number of anilines is 3. The maximum Gasteiger partial charge on any atom is 0.239 e. The number of para-hydroxylation sites is 2. The fourth-order valence-corrected chi connectivity index (χ4v) is 3.28. The van der Waals surface area contributed by atoms with Crippen molar-refractivity contribution in [2.75, 3.05) is 4.90 Å². The second-order valence-corrected chi connectivity index (χ2v) is 6.59. The van der Waals surface area contributed by atoms with Crippen LogP contribution in [0, 0.1) is 0 Å².